The Hall–Kier alpha value is -1.77. The van der Waals surface area contributed by atoms with E-state index in [1.165, 1.54) is 44.1 Å². The highest BCUT2D eigenvalue weighted by atomic mass is 16.5. The first-order chi connectivity index (χ1) is 10.2. The Kier molecular flexibility index (Phi) is 4.28. The first-order valence-corrected chi connectivity index (χ1v) is 8.05. The normalized spacial score (nSPS) is 16.2. The van der Waals surface area contributed by atoms with Crippen molar-refractivity contribution in [2.75, 3.05) is 5.73 Å². The molecule has 1 heterocycles. The monoisotopic (exact) mass is 284 g/mol. The van der Waals surface area contributed by atoms with Crippen LogP contribution in [0, 0.1) is 12.8 Å². The van der Waals surface area contributed by atoms with Crippen LogP contribution in [0.1, 0.15) is 49.8 Å². The molecule has 0 radical (unpaired) electrons. The van der Waals surface area contributed by atoms with Gasteiger partial charge in [-0.05, 0) is 24.8 Å². The van der Waals surface area contributed by atoms with Crippen LogP contribution in [0.15, 0.2) is 28.8 Å². The van der Waals surface area contributed by atoms with Crippen molar-refractivity contribution in [3.05, 3.63) is 35.6 Å². The highest BCUT2D eigenvalue weighted by Gasteiger charge is 2.19. The number of anilines is 1. The van der Waals surface area contributed by atoms with Crippen molar-refractivity contribution in [2.45, 2.75) is 51.9 Å². The molecule has 0 aliphatic heterocycles. The lowest BCUT2D eigenvalue weighted by atomic mass is 9.85. The summed E-state index contributed by atoms with van der Waals surface area (Å²) in [5, 5.41) is 3.99. The summed E-state index contributed by atoms with van der Waals surface area (Å²) in [6.07, 6.45) is 9.03. The number of nitrogens with two attached hydrogens (primary N) is 1. The molecule has 0 saturated heterocycles. The number of nitrogens with zero attached hydrogens (tertiary/aromatic N) is 1. The third-order valence-corrected chi connectivity index (χ3v) is 4.60. The first kappa shape index (κ1) is 14.2. The molecule has 0 bridgehead atoms. The van der Waals surface area contributed by atoms with Gasteiger partial charge in [0.2, 0.25) is 0 Å². The lowest BCUT2D eigenvalue weighted by Crippen LogP contribution is -2.07. The largest absolute Gasteiger partial charge is 0.380 e. The summed E-state index contributed by atoms with van der Waals surface area (Å²) in [5.74, 6) is 2.30. The second-order valence-corrected chi connectivity index (χ2v) is 6.28. The third-order valence-electron chi connectivity index (χ3n) is 4.60. The molecule has 3 nitrogen and oxygen atoms in total. The molecular weight excluding hydrogens is 260 g/mol. The highest BCUT2D eigenvalue weighted by Crippen LogP contribution is 2.33. The summed E-state index contributed by atoms with van der Waals surface area (Å²) in [6.45, 7) is 2.09. The maximum Gasteiger partial charge on any atom is 0.175 e. The van der Waals surface area contributed by atoms with E-state index in [4.69, 9.17) is 10.3 Å². The Morgan fingerprint density at radius 1 is 1.24 bits per heavy atom. The smallest absolute Gasteiger partial charge is 0.175 e. The Labute approximate surface area is 126 Å². The molecule has 1 aliphatic carbocycles. The molecule has 112 valence electrons. The van der Waals surface area contributed by atoms with Crippen molar-refractivity contribution in [3.63, 3.8) is 0 Å². The SMILES string of the molecule is Cc1cccc(-c2c(N)noc2CCC2CCCCC2)c1. The zero-order valence-electron chi connectivity index (χ0n) is 12.8. The number of aryl methyl sites for hydroxylation is 2. The first-order valence-electron chi connectivity index (χ1n) is 8.05. The van der Waals surface area contributed by atoms with Gasteiger partial charge >= 0.3 is 0 Å². The Morgan fingerprint density at radius 2 is 2.05 bits per heavy atom. The van der Waals surface area contributed by atoms with E-state index in [2.05, 4.69) is 36.3 Å². The number of hydrogen-bond donors (Lipinski definition) is 1. The maximum absolute atomic E-state index is 6.03. The Morgan fingerprint density at radius 3 is 2.81 bits per heavy atom. The number of rotatable bonds is 4. The zero-order valence-corrected chi connectivity index (χ0v) is 12.8. The lowest BCUT2D eigenvalue weighted by Gasteiger charge is -2.20. The van der Waals surface area contributed by atoms with Crippen LogP contribution in [0.2, 0.25) is 0 Å². The van der Waals surface area contributed by atoms with Gasteiger partial charge in [-0.1, -0.05) is 67.1 Å². The predicted molar refractivity (Wildman–Crippen MR) is 86.0 cm³/mol. The minimum atomic E-state index is 0.513. The van der Waals surface area contributed by atoms with Crippen molar-refractivity contribution in [3.8, 4) is 11.1 Å². The van der Waals surface area contributed by atoms with Gasteiger partial charge in [-0.3, -0.25) is 0 Å². The predicted octanol–water partition coefficient (Wildman–Crippen LogP) is 4.75. The van der Waals surface area contributed by atoms with E-state index in [1.54, 1.807) is 0 Å². The molecule has 3 heteroatoms. The second kappa shape index (κ2) is 6.33. The van der Waals surface area contributed by atoms with Gasteiger partial charge in [-0.2, -0.15) is 0 Å². The number of aromatic nitrogens is 1. The number of hydrogen-bond acceptors (Lipinski definition) is 3. The summed E-state index contributed by atoms with van der Waals surface area (Å²) in [4.78, 5) is 0. The fraction of sp³-hybridized carbons (Fsp3) is 0.500. The number of nitrogen functional groups attached to an aromatic ring is 1. The topological polar surface area (TPSA) is 52.0 Å². The fourth-order valence-electron chi connectivity index (χ4n) is 3.43. The molecule has 1 saturated carbocycles. The average Bonchev–Trinajstić information content (AvgIpc) is 2.87. The van der Waals surface area contributed by atoms with Gasteiger partial charge in [0.25, 0.3) is 0 Å². The molecule has 0 spiro atoms. The quantitative estimate of drug-likeness (QED) is 0.881. The number of benzene rings is 1. The highest BCUT2D eigenvalue weighted by molar-refractivity contribution is 5.75. The molecule has 1 aliphatic rings. The Balaban J connectivity index is 1.77. The lowest BCUT2D eigenvalue weighted by molar-refractivity contribution is 0.318. The molecule has 1 aromatic heterocycles. The summed E-state index contributed by atoms with van der Waals surface area (Å²) < 4.78 is 5.51. The Bertz CT molecular complexity index is 597. The van der Waals surface area contributed by atoms with Crippen LogP contribution in [0.3, 0.4) is 0 Å². The van der Waals surface area contributed by atoms with Crippen molar-refractivity contribution >= 4 is 5.82 Å². The molecule has 2 aromatic rings. The van der Waals surface area contributed by atoms with E-state index < -0.39 is 0 Å². The van der Waals surface area contributed by atoms with Crippen LogP contribution in [-0.4, -0.2) is 5.16 Å². The average molecular weight is 284 g/mol. The van der Waals surface area contributed by atoms with Crippen molar-refractivity contribution < 1.29 is 4.52 Å². The molecule has 1 fully saturated rings. The van der Waals surface area contributed by atoms with Gasteiger partial charge in [0.05, 0.1) is 5.56 Å². The summed E-state index contributed by atoms with van der Waals surface area (Å²) in [5.41, 5.74) is 9.37. The third kappa shape index (κ3) is 3.29. The van der Waals surface area contributed by atoms with Crippen LogP contribution in [0.25, 0.3) is 11.1 Å². The molecule has 2 N–H and O–H groups in total. The minimum absolute atomic E-state index is 0.513. The van der Waals surface area contributed by atoms with E-state index in [1.807, 2.05) is 0 Å². The van der Waals surface area contributed by atoms with Gasteiger partial charge in [-0.15, -0.1) is 0 Å². The molecule has 0 unspecified atom stereocenters. The summed E-state index contributed by atoms with van der Waals surface area (Å²) in [6, 6.07) is 8.38. The van der Waals surface area contributed by atoms with Crippen LogP contribution < -0.4 is 5.73 Å². The molecule has 0 atom stereocenters. The minimum Gasteiger partial charge on any atom is -0.380 e. The van der Waals surface area contributed by atoms with E-state index >= 15 is 0 Å². The molecule has 1 aromatic carbocycles. The van der Waals surface area contributed by atoms with Crippen LogP contribution in [-0.2, 0) is 6.42 Å². The fourth-order valence-corrected chi connectivity index (χ4v) is 3.43. The van der Waals surface area contributed by atoms with Gasteiger partial charge in [0.1, 0.15) is 5.76 Å². The van der Waals surface area contributed by atoms with Crippen LogP contribution >= 0.6 is 0 Å². The van der Waals surface area contributed by atoms with Gasteiger partial charge < -0.3 is 10.3 Å². The van der Waals surface area contributed by atoms with E-state index in [0.29, 0.717) is 5.82 Å². The molecule has 0 amide bonds. The van der Waals surface area contributed by atoms with Crippen LogP contribution in [0.5, 0.6) is 0 Å². The van der Waals surface area contributed by atoms with Crippen molar-refractivity contribution in [1.29, 1.82) is 0 Å². The van der Waals surface area contributed by atoms with Gasteiger partial charge in [-0.25, -0.2) is 0 Å². The summed E-state index contributed by atoms with van der Waals surface area (Å²) >= 11 is 0. The molecular formula is C18H24N2O. The van der Waals surface area contributed by atoms with E-state index in [0.717, 1.165) is 29.2 Å². The molecule has 3 rings (SSSR count). The summed E-state index contributed by atoms with van der Waals surface area (Å²) in [7, 11) is 0. The van der Waals surface area contributed by atoms with Gasteiger partial charge in [0.15, 0.2) is 5.82 Å². The zero-order chi connectivity index (χ0) is 14.7. The van der Waals surface area contributed by atoms with E-state index in [-0.39, 0.29) is 0 Å². The molecule has 21 heavy (non-hydrogen) atoms. The maximum atomic E-state index is 6.03. The van der Waals surface area contributed by atoms with Crippen LogP contribution in [0.4, 0.5) is 5.82 Å². The van der Waals surface area contributed by atoms with Gasteiger partial charge in [0, 0.05) is 6.42 Å². The second-order valence-electron chi connectivity index (χ2n) is 6.28. The van der Waals surface area contributed by atoms with Crippen molar-refractivity contribution in [1.82, 2.24) is 5.16 Å². The van der Waals surface area contributed by atoms with Crippen molar-refractivity contribution in [2.24, 2.45) is 5.92 Å². The van der Waals surface area contributed by atoms with E-state index in [9.17, 15) is 0 Å². The standard InChI is InChI=1S/C18H24N2O/c1-13-6-5-9-15(12-13)17-16(21-20-18(17)19)11-10-14-7-3-2-4-8-14/h5-6,9,12,14H,2-4,7-8,10-11H2,1H3,(H2,19,20).